The number of methoxy groups -OCH3 is 1. The number of carbonyl (C=O) groups is 1. The number of ether oxygens (including phenoxy) is 2. The number of nitrogens with two attached hydrogens (primary N) is 1. The molecule has 2 fully saturated rings. The van der Waals surface area contributed by atoms with Crippen LogP contribution in [0.4, 0.5) is 15.8 Å². The molecule has 1 aromatic carbocycles. The van der Waals surface area contributed by atoms with Crippen molar-refractivity contribution in [2.45, 2.75) is 18.9 Å². The number of nitrogens with one attached hydrogen (secondary N) is 1. The van der Waals surface area contributed by atoms with Crippen LogP contribution in [0, 0.1) is 11.2 Å². The van der Waals surface area contributed by atoms with Gasteiger partial charge >= 0.3 is 5.97 Å². The highest BCUT2D eigenvalue weighted by Gasteiger charge is 2.53. The molecule has 1 saturated carbocycles. The summed E-state index contributed by atoms with van der Waals surface area (Å²) in [7, 11) is 1.26. The van der Waals surface area contributed by atoms with Crippen LogP contribution in [0.3, 0.4) is 0 Å². The van der Waals surface area contributed by atoms with Gasteiger partial charge in [0.25, 0.3) is 0 Å². The second-order valence-electron chi connectivity index (χ2n) is 5.49. The molecule has 0 amide bonds. The van der Waals surface area contributed by atoms with E-state index in [1.165, 1.54) is 13.2 Å². The zero-order valence-electron chi connectivity index (χ0n) is 11.2. The van der Waals surface area contributed by atoms with Crippen molar-refractivity contribution in [3.05, 3.63) is 23.5 Å². The lowest BCUT2D eigenvalue weighted by atomic mass is 10.00. The van der Waals surface area contributed by atoms with Gasteiger partial charge in [-0.2, -0.15) is 0 Å². The molecule has 1 heterocycles. The average Bonchev–Trinajstić information content (AvgIpc) is 3.11. The molecular weight excluding hydrogens is 263 g/mol. The van der Waals surface area contributed by atoms with Crippen molar-refractivity contribution < 1.29 is 18.7 Å². The number of rotatable bonds is 3. The zero-order valence-corrected chi connectivity index (χ0v) is 11.2. The van der Waals surface area contributed by atoms with E-state index >= 15 is 0 Å². The van der Waals surface area contributed by atoms with E-state index in [0.29, 0.717) is 12.3 Å². The van der Waals surface area contributed by atoms with Gasteiger partial charge in [0.1, 0.15) is 5.82 Å². The molecular formula is C14H17FN2O3. The number of hydrogen-bond acceptors (Lipinski definition) is 5. The van der Waals surface area contributed by atoms with Gasteiger partial charge in [-0.1, -0.05) is 0 Å². The Hall–Kier alpha value is -1.82. The fourth-order valence-electron chi connectivity index (χ4n) is 2.67. The first-order chi connectivity index (χ1) is 9.55. The maximum absolute atomic E-state index is 13.8. The van der Waals surface area contributed by atoms with E-state index in [0.717, 1.165) is 25.5 Å². The molecule has 1 aromatic rings. The maximum Gasteiger partial charge on any atom is 0.338 e. The van der Waals surface area contributed by atoms with Crippen molar-refractivity contribution in [3.63, 3.8) is 0 Å². The molecule has 1 spiro atoms. The van der Waals surface area contributed by atoms with Crippen LogP contribution in [0.2, 0.25) is 0 Å². The number of esters is 1. The minimum atomic E-state index is -0.626. The van der Waals surface area contributed by atoms with E-state index in [4.69, 9.17) is 10.5 Å². The molecule has 0 bridgehead atoms. The van der Waals surface area contributed by atoms with Crippen LogP contribution in [0.15, 0.2) is 12.1 Å². The average molecular weight is 280 g/mol. The summed E-state index contributed by atoms with van der Waals surface area (Å²) in [5.74, 6) is -1.21. The van der Waals surface area contributed by atoms with E-state index in [9.17, 15) is 9.18 Å². The summed E-state index contributed by atoms with van der Waals surface area (Å²) in [5, 5.41) is 3.22. The number of anilines is 2. The Morgan fingerprint density at radius 3 is 2.95 bits per heavy atom. The van der Waals surface area contributed by atoms with Gasteiger partial charge < -0.3 is 20.5 Å². The fraction of sp³-hybridized carbons (Fsp3) is 0.500. The smallest absolute Gasteiger partial charge is 0.338 e. The third-order valence-electron chi connectivity index (χ3n) is 4.19. The third-order valence-corrected chi connectivity index (χ3v) is 4.19. The monoisotopic (exact) mass is 280 g/mol. The molecule has 1 unspecified atom stereocenters. The fourth-order valence-corrected chi connectivity index (χ4v) is 2.67. The normalized spacial score (nSPS) is 22.8. The first kappa shape index (κ1) is 13.2. The van der Waals surface area contributed by atoms with Crippen molar-refractivity contribution in [3.8, 4) is 0 Å². The molecule has 1 aliphatic carbocycles. The van der Waals surface area contributed by atoms with Crippen molar-refractivity contribution in [1.29, 1.82) is 0 Å². The van der Waals surface area contributed by atoms with Crippen molar-refractivity contribution in [2.24, 2.45) is 5.41 Å². The van der Waals surface area contributed by atoms with Crippen LogP contribution in [-0.2, 0) is 9.47 Å². The van der Waals surface area contributed by atoms with Crippen LogP contribution >= 0.6 is 0 Å². The van der Waals surface area contributed by atoms with Gasteiger partial charge in [0.15, 0.2) is 0 Å². The Labute approximate surface area is 116 Å². The number of hydrogen-bond donors (Lipinski definition) is 2. The van der Waals surface area contributed by atoms with Gasteiger partial charge in [-0.15, -0.1) is 0 Å². The Bertz CT molecular complexity index is 558. The first-order valence-corrected chi connectivity index (χ1v) is 6.57. The number of halogens is 1. The number of benzene rings is 1. The highest BCUT2D eigenvalue weighted by atomic mass is 19.1. The number of carbonyl (C=O) groups excluding carboxylic acids is 1. The van der Waals surface area contributed by atoms with E-state index in [1.807, 2.05) is 0 Å². The van der Waals surface area contributed by atoms with Crippen molar-refractivity contribution in [1.82, 2.24) is 0 Å². The molecule has 1 aliphatic heterocycles. The summed E-state index contributed by atoms with van der Waals surface area (Å²) in [6.07, 6.45) is 2.20. The van der Waals surface area contributed by atoms with Crippen LogP contribution in [0.1, 0.15) is 23.2 Å². The molecule has 108 valence electrons. The van der Waals surface area contributed by atoms with Crippen LogP contribution < -0.4 is 11.1 Å². The summed E-state index contributed by atoms with van der Waals surface area (Å²) < 4.78 is 23.9. The molecule has 0 aromatic heterocycles. The first-order valence-electron chi connectivity index (χ1n) is 6.57. The maximum atomic E-state index is 13.8. The lowest BCUT2D eigenvalue weighted by Crippen LogP contribution is -2.29. The topological polar surface area (TPSA) is 73.6 Å². The van der Waals surface area contributed by atoms with Gasteiger partial charge in [-0.05, 0) is 25.0 Å². The van der Waals surface area contributed by atoms with E-state index in [-0.39, 0.29) is 22.7 Å². The quantitative estimate of drug-likeness (QED) is 0.652. The summed E-state index contributed by atoms with van der Waals surface area (Å²) in [6.45, 7) is 1.30. The Morgan fingerprint density at radius 1 is 1.55 bits per heavy atom. The highest BCUT2D eigenvalue weighted by molar-refractivity contribution is 5.92. The van der Waals surface area contributed by atoms with Crippen molar-refractivity contribution in [2.75, 3.05) is 31.4 Å². The van der Waals surface area contributed by atoms with E-state index in [2.05, 4.69) is 10.1 Å². The van der Waals surface area contributed by atoms with Crippen LogP contribution in [0.25, 0.3) is 0 Å². The van der Waals surface area contributed by atoms with Crippen LogP contribution in [0.5, 0.6) is 0 Å². The second kappa shape index (κ2) is 4.63. The van der Waals surface area contributed by atoms with Crippen molar-refractivity contribution >= 4 is 17.3 Å². The minimum Gasteiger partial charge on any atom is -0.465 e. The Morgan fingerprint density at radius 2 is 2.30 bits per heavy atom. The SMILES string of the molecule is COC(=O)c1cc(F)c(N)c(NC2COCC23CC3)c1. The minimum absolute atomic E-state index is 0.0142. The van der Waals surface area contributed by atoms with Gasteiger partial charge in [0.2, 0.25) is 0 Å². The largest absolute Gasteiger partial charge is 0.465 e. The molecule has 3 N–H and O–H groups in total. The van der Waals surface area contributed by atoms with Gasteiger partial charge in [-0.3, -0.25) is 0 Å². The molecule has 2 aliphatic rings. The van der Waals surface area contributed by atoms with Gasteiger partial charge in [0.05, 0.1) is 43.3 Å². The Kier molecular flexibility index (Phi) is 3.05. The molecule has 1 atom stereocenters. The van der Waals surface area contributed by atoms with Gasteiger partial charge in [-0.25, -0.2) is 9.18 Å². The Balaban J connectivity index is 1.88. The van der Waals surface area contributed by atoms with E-state index in [1.54, 1.807) is 0 Å². The third kappa shape index (κ3) is 2.10. The predicted octanol–water partition coefficient (Wildman–Crippen LogP) is 1.79. The molecule has 3 rings (SSSR count). The zero-order chi connectivity index (χ0) is 14.3. The summed E-state index contributed by atoms with van der Waals surface area (Å²) in [6, 6.07) is 2.72. The summed E-state index contributed by atoms with van der Waals surface area (Å²) in [5.41, 5.74) is 6.49. The molecule has 1 saturated heterocycles. The molecule has 20 heavy (non-hydrogen) atoms. The lowest BCUT2D eigenvalue weighted by molar-refractivity contribution is 0.0600. The lowest BCUT2D eigenvalue weighted by Gasteiger charge is -2.21. The second-order valence-corrected chi connectivity index (χ2v) is 5.49. The van der Waals surface area contributed by atoms with Gasteiger partial charge in [0, 0.05) is 5.41 Å². The molecule has 6 heteroatoms. The number of nitrogen functional groups attached to an aromatic ring is 1. The highest BCUT2D eigenvalue weighted by Crippen LogP contribution is 2.53. The summed E-state index contributed by atoms with van der Waals surface area (Å²) >= 11 is 0. The standard InChI is InChI=1S/C14H17FN2O3/c1-19-13(18)8-4-9(15)12(16)10(5-8)17-11-6-20-7-14(11)2-3-14/h4-5,11,17H,2-3,6-7,16H2,1H3. The predicted molar refractivity (Wildman–Crippen MR) is 72.0 cm³/mol. The van der Waals surface area contributed by atoms with E-state index < -0.39 is 11.8 Å². The molecule has 5 nitrogen and oxygen atoms in total. The summed E-state index contributed by atoms with van der Waals surface area (Å²) in [4.78, 5) is 11.5. The molecule has 0 radical (unpaired) electrons. The van der Waals surface area contributed by atoms with Crippen LogP contribution in [-0.4, -0.2) is 32.3 Å².